The Labute approximate surface area is 139 Å². The van der Waals surface area contributed by atoms with Gasteiger partial charge in [0.1, 0.15) is 11.5 Å². The number of alkyl halides is 3. The molecule has 2 aromatic rings. The normalized spacial score (nSPS) is 20.5. The van der Waals surface area contributed by atoms with Gasteiger partial charge in [0.2, 0.25) is 0 Å². The molecular weight excluding hydrogens is 342 g/mol. The van der Waals surface area contributed by atoms with Crippen LogP contribution in [0.15, 0.2) is 53.9 Å². The number of rotatable bonds is 2. The van der Waals surface area contributed by atoms with E-state index >= 15 is 0 Å². The molecule has 0 fully saturated rings. The first-order valence-corrected chi connectivity index (χ1v) is 7.09. The molecule has 1 aliphatic heterocycles. The lowest BCUT2D eigenvalue weighted by atomic mass is 9.96. The molecule has 1 atom stereocenters. The predicted molar refractivity (Wildman–Crippen MR) is 78.8 cm³/mol. The van der Waals surface area contributed by atoms with Crippen molar-refractivity contribution >= 4 is 11.6 Å². The molecule has 0 bridgehead atoms. The van der Waals surface area contributed by atoms with Crippen LogP contribution >= 0.6 is 0 Å². The van der Waals surface area contributed by atoms with E-state index in [9.17, 15) is 27.5 Å². The number of benzene rings is 1. The maximum absolute atomic E-state index is 13.1. The van der Waals surface area contributed by atoms with E-state index in [2.05, 4.69) is 10.1 Å². The van der Waals surface area contributed by atoms with E-state index in [1.54, 1.807) is 0 Å². The standard InChI is InChI=1S/C16H11F4N3O2/c17-12-5-3-11(4-6-12)15(25)8-13(16(18,19)20)22-23(15)14(24)10-2-1-7-21-9-10/h1-7,9,25H,8H2/t15-/m1/s1. The van der Waals surface area contributed by atoms with Crippen molar-refractivity contribution in [2.75, 3.05) is 0 Å². The number of hydrogen-bond donors (Lipinski definition) is 1. The van der Waals surface area contributed by atoms with E-state index in [1.807, 2.05) is 0 Å². The third kappa shape index (κ3) is 3.10. The Hall–Kier alpha value is -2.81. The average molecular weight is 353 g/mol. The zero-order valence-electron chi connectivity index (χ0n) is 12.5. The summed E-state index contributed by atoms with van der Waals surface area (Å²) in [5, 5.41) is 14.5. The van der Waals surface area contributed by atoms with Gasteiger partial charge in [0.25, 0.3) is 5.91 Å². The van der Waals surface area contributed by atoms with E-state index in [-0.39, 0.29) is 11.1 Å². The summed E-state index contributed by atoms with van der Waals surface area (Å²) >= 11 is 0. The third-order valence-corrected chi connectivity index (χ3v) is 3.72. The van der Waals surface area contributed by atoms with Crippen molar-refractivity contribution < 1.29 is 27.5 Å². The van der Waals surface area contributed by atoms with Crippen LogP contribution in [0.25, 0.3) is 0 Å². The number of pyridine rings is 1. The SMILES string of the molecule is O=C(c1cccnc1)N1N=C(C(F)(F)F)C[C@@]1(O)c1ccc(F)cc1. The van der Waals surface area contributed by atoms with Gasteiger partial charge in [0.15, 0.2) is 5.72 Å². The summed E-state index contributed by atoms with van der Waals surface area (Å²) in [6, 6.07) is 6.93. The van der Waals surface area contributed by atoms with Gasteiger partial charge in [-0.1, -0.05) is 12.1 Å². The van der Waals surface area contributed by atoms with E-state index in [0.717, 1.165) is 30.5 Å². The number of aromatic nitrogens is 1. The molecule has 130 valence electrons. The minimum absolute atomic E-state index is 0.0461. The number of carbonyl (C=O) groups excluding carboxylic acids is 1. The molecule has 1 aromatic heterocycles. The molecule has 2 heterocycles. The Morgan fingerprint density at radius 1 is 1.20 bits per heavy atom. The summed E-state index contributed by atoms with van der Waals surface area (Å²) in [6.45, 7) is 0. The third-order valence-electron chi connectivity index (χ3n) is 3.72. The molecule has 1 aromatic carbocycles. The lowest BCUT2D eigenvalue weighted by molar-refractivity contribution is -0.0816. The van der Waals surface area contributed by atoms with Crippen LogP contribution in [0.5, 0.6) is 0 Å². The van der Waals surface area contributed by atoms with Gasteiger partial charge in [0.05, 0.1) is 12.0 Å². The maximum atomic E-state index is 13.1. The number of carbonyl (C=O) groups is 1. The van der Waals surface area contributed by atoms with Gasteiger partial charge < -0.3 is 5.11 Å². The highest BCUT2D eigenvalue weighted by atomic mass is 19.4. The van der Waals surface area contributed by atoms with Gasteiger partial charge in [0, 0.05) is 18.0 Å². The number of hydrogen-bond acceptors (Lipinski definition) is 4. The second-order valence-electron chi connectivity index (χ2n) is 5.40. The summed E-state index contributed by atoms with van der Waals surface area (Å²) in [6.07, 6.45) is -3.25. The van der Waals surface area contributed by atoms with Gasteiger partial charge in [-0.2, -0.15) is 23.3 Å². The van der Waals surface area contributed by atoms with E-state index in [4.69, 9.17) is 0 Å². The van der Waals surface area contributed by atoms with Crippen molar-refractivity contribution in [2.24, 2.45) is 5.10 Å². The fourth-order valence-electron chi connectivity index (χ4n) is 2.47. The molecule has 0 spiro atoms. The van der Waals surface area contributed by atoms with Crippen LogP contribution < -0.4 is 0 Å². The second kappa shape index (κ2) is 5.92. The molecule has 0 radical (unpaired) electrons. The Balaban J connectivity index is 2.07. The molecule has 1 aliphatic rings. The predicted octanol–water partition coefficient (Wildman–Crippen LogP) is 2.83. The van der Waals surface area contributed by atoms with Crippen molar-refractivity contribution in [3.63, 3.8) is 0 Å². The minimum atomic E-state index is -4.82. The van der Waals surface area contributed by atoms with Crippen LogP contribution in [-0.4, -0.2) is 32.9 Å². The largest absolute Gasteiger partial charge is 0.431 e. The van der Waals surface area contributed by atoms with E-state index in [1.165, 1.54) is 18.3 Å². The van der Waals surface area contributed by atoms with Gasteiger partial charge in [-0.05, 0) is 24.3 Å². The van der Waals surface area contributed by atoms with Crippen molar-refractivity contribution in [1.29, 1.82) is 0 Å². The topological polar surface area (TPSA) is 65.8 Å². The van der Waals surface area contributed by atoms with Crippen LogP contribution in [0, 0.1) is 5.82 Å². The van der Waals surface area contributed by atoms with Crippen molar-refractivity contribution in [1.82, 2.24) is 9.99 Å². The van der Waals surface area contributed by atoms with Crippen LogP contribution in [0.1, 0.15) is 22.3 Å². The zero-order valence-corrected chi connectivity index (χ0v) is 12.5. The molecule has 0 aliphatic carbocycles. The molecule has 1 N–H and O–H groups in total. The fraction of sp³-hybridized carbons (Fsp3) is 0.188. The summed E-state index contributed by atoms with van der Waals surface area (Å²) in [5.41, 5.74) is -3.83. The van der Waals surface area contributed by atoms with Gasteiger partial charge >= 0.3 is 6.18 Å². The fourth-order valence-corrected chi connectivity index (χ4v) is 2.47. The first-order valence-electron chi connectivity index (χ1n) is 7.09. The summed E-state index contributed by atoms with van der Waals surface area (Å²) < 4.78 is 52.3. The first-order chi connectivity index (χ1) is 11.7. The Bertz CT molecular complexity index is 822. The van der Waals surface area contributed by atoms with Crippen LogP contribution in [-0.2, 0) is 5.72 Å². The number of aliphatic hydroxyl groups is 1. The Morgan fingerprint density at radius 3 is 2.44 bits per heavy atom. The van der Waals surface area contributed by atoms with Crippen LogP contribution in [0.3, 0.4) is 0 Å². The highest BCUT2D eigenvalue weighted by molar-refractivity contribution is 5.99. The average Bonchev–Trinajstić information content (AvgIpc) is 2.94. The monoisotopic (exact) mass is 353 g/mol. The lowest BCUT2D eigenvalue weighted by Crippen LogP contribution is -2.43. The second-order valence-corrected chi connectivity index (χ2v) is 5.40. The molecule has 0 saturated heterocycles. The molecule has 0 saturated carbocycles. The molecular formula is C16H11F4N3O2. The Kier molecular flexibility index (Phi) is 4.03. The zero-order chi connectivity index (χ0) is 18.2. The number of hydrazone groups is 1. The van der Waals surface area contributed by atoms with Crippen molar-refractivity contribution in [3.8, 4) is 0 Å². The van der Waals surface area contributed by atoms with E-state index in [0.29, 0.717) is 5.01 Å². The van der Waals surface area contributed by atoms with Crippen molar-refractivity contribution in [3.05, 3.63) is 65.7 Å². The van der Waals surface area contributed by atoms with Gasteiger partial charge in [-0.25, -0.2) is 4.39 Å². The summed E-state index contributed by atoms with van der Waals surface area (Å²) in [7, 11) is 0. The number of halogens is 4. The molecule has 25 heavy (non-hydrogen) atoms. The highest BCUT2D eigenvalue weighted by Gasteiger charge is 2.53. The smallest absolute Gasteiger partial charge is 0.365 e. The quantitative estimate of drug-likeness (QED) is 0.845. The number of nitrogens with zero attached hydrogens (tertiary/aromatic N) is 3. The minimum Gasteiger partial charge on any atom is -0.365 e. The van der Waals surface area contributed by atoms with Crippen LogP contribution in [0.2, 0.25) is 0 Å². The highest BCUT2D eigenvalue weighted by Crippen LogP contribution is 2.40. The molecule has 0 unspecified atom stereocenters. The Morgan fingerprint density at radius 2 is 1.88 bits per heavy atom. The molecule has 5 nitrogen and oxygen atoms in total. The molecule has 1 amide bonds. The van der Waals surface area contributed by atoms with Crippen LogP contribution in [0.4, 0.5) is 17.6 Å². The van der Waals surface area contributed by atoms with Crippen molar-refractivity contribution in [2.45, 2.75) is 18.3 Å². The number of amides is 1. The summed E-state index contributed by atoms with van der Waals surface area (Å²) in [5.74, 6) is -1.59. The first kappa shape index (κ1) is 17.0. The maximum Gasteiger partial charge on any atom is 0.431 e. The van der Waals surface area contributed by atoms with Gasteiger partial charge in [-0.3, -0.25) is 9.78 Å². The summed E-state index contributed by atoms with van der Waals surface area (Å²) in [4.78, 5) is 16.3. The molecule has 9 heteroatoms. The molecule has 3 rings (SSSR count). The van der Waals surface area contributed by atoms with Gasteiger partial charge in [-0.15, -0.1) is 0 Å². The lowest BCUT2D eigenvalue weighted by Gasteiger charge is -2.31. The van der Waals surface area contributed by atoms with E-state index < -0.39 is 35.8 Å².